The largest absolute Gasteiger partial charge is 0.293 e. The SMILES string of the molecule is Fc1c(F)c(F)c([B-](c2c(F)c(F)c(F)c(F)c2F)(c2c(F)c(F)c(F)c(F)c2F)c2c(F)c(F)c(F)c(F)c2F)c(F)c1F.O=C(C[n+]1ccncc1Cl)c1ccccc1. The first-order valence-corrected chi connectivity index (χ1v) is 16.2. The van der Waals surface area contributed by atoms with E-state index in [1.54, 1.807) is 29.1 Å². The first-order chi connectivity index (χ1) is 28.5. The molecule has 3 nitrogen and oxygen atoms in total. The van der Waals surface area contributed by atoms with E-state index in [0.29, 0.717) is 10.7 Å². The van der Waals surface area contributed by atoms with Gasteiger partial charge in [-0.1, -0.05) is 30.3 Å². The van der Waals surface area contributed by atoms with Crippen molar-refractivity contribution in [1.29, 1.82) is 0 Å². The Morgan fingerprint density at radius 2 is 0.705 bits per heavy atom. The van der Waals surface area contributed by atoms with Crippen LogP contribution in [0.15, 0.2) is 48.9 Å². The first-order valence-electron chi connectivity index (χ1n) is 15.8. The Hall–Kier alpha value is -6.20. The van der Waals surface area contributed by atoms with Crippen molar-refractivity contribution in [3.8, 4) is 0 Å². The third-order valence-corrected chi connectivity index (χ3v) is 9.22. The van der Waals surface area contributed by atoms with Gasteiger partial charge in [0.2, 0.25) is 12.3 Å². The summed E-state index contributed by atoms with van der Waals surface area (Å²) >= 11 is 5.90. The standard InChI is InChI=1S/C24BF20.C12H10ClN2O/c26-5-1(6(27)14(35)21(42)13(5)34)25(2-7(28)15(36)22(43)16(37)8(2)29,3-9(30)17(38)23(44)18(39)10(3)31)4-11(32)19(40)24(45)20(41)12(4)33;13-12-8-14-6-7-15(12)9-11(16)10-4-2-1-3-5-10/h;1-8H,9H2/q-1;+1. The summed E-state index contributed by atoms with van der Waals surface area (Å²) in [4.78, 5) is 15.7. The molecule has 0 atom stereocenters. The highest BCUT2D eigenvalue weighted by molar-refractivity contribution is 7.20. The molecule has 0 saturated carbocycles. The predicted molar refractivity (Wildman–Crippen MR) is 169 cm³/mol. The summed E-state index contributed by atoms with van der Waals surface area (Å²) < 4.78 is 296. The molecule has 5 aromatic carbocycles. The number of rotatable bonds is 7. The van der Waals surface area contributed by atoms with Crippen LogP contribution in [0.25, 0.3) is 0 Å². The van der Waals surface area contributed by atoms with Crippen molar-refractivity contribution in [2.24, 2.45) is 0 Å². The predicted octanol–water partition coefficient (Wildman–Crippen LogP) is 7.75. The molecule has 0 aliphatic heterocycles. The average Bonchev–Trinajstić information content (AvgIpc) is 3.24. The van der Waals surface area contributed by atoms with Crippen LogP contribution in [0.5, 0.6) is 0 Å². The third-order valence-electron chi connectivity index (χ3n) is 8.90. The van der Waals surface area contributed by atoms with E-state index < -0.39 is 144 Å². The van der Waals surface area contributed by atoms with Crippen LogP contribution in [0.1, 0.15) is 10.4 Å². The van der Waals surface area contributed by atoms with Gasteiger partial charge in [-0.25, -0.2) is 87.8 Å². The summed E-state index contributed by atoms with van der Waals surface area (Å²) in [5.74, 6) is -71.4. The fraction of sp³-hybridized carbons (Fsp3) is 0.0278. The minimum Gasteiger partial charge on any atom is -0.287 e. The summed E-state index contributed by atoms with van der Waals surface area (Å²) in [5.41, 5.74) is -13.6. The molecule has 0 unspecified atom stereocenters. The van der Waals surface area contributed by atoms with Crippen molar-refractivity contribution in [3.05, 3.63) is 176 Å². The minimum absolute atomic E-state index is 0.0266. The third kappa shape index (κ3) is 7.28. The van der Waals surface area contributed by atoms with E-state index in [1.165, 1.54) is 6.20 Å². The van der Waals surface area contributed by atoms with E-state index in [9.17, 15) is 57.5 Å². The van der Waals surface area contributed by atoms with Crippen LogP contribution in [-0.2, 0) is 6.54 Å². The van der Waals surface area contributed by atoms with Crippen molar-refractivity contribution >= 4 is 45.4 Å². The van der Waals surface area contributed by atoms with Crippen molar-refractivity contribution in [2.45, 2.75) is 6.54 Å². The Balaban J connectivity index is 0.000000366. The number of carbonyl (C=O) groups excluding carboxylic acids is 1. The first kappa shape index (κ1) is 45.9. The zero-order chi connectivity index (χ0) is 45.7. The molecule has 1 aromatic heterocycles. The fourth-order valence-electron chi connectivity index (χ4n) is 6.24. The van der Waals surface area contributed by atoms with Crippen molar-refractivity contribution in [3.63, 3.8) is 0 Å². The van der Waals surface area contributed by atoms with Crippen LogP contribution in [0.3, 0.4) is 0 Å². The van der Waals surface area contributed by atoms with E-state index >= 15 is 35.1 Å². The van der Waals surface area contributed by atoms with E-state index in [2.05, 4.69) is 4.98 Å². The maximum atomic E-state index is 15.4. The molecular formula is C36H10BClF20N2O. The van der Waals surface area contributed by atoms with Crippen molar-refractivity contribution in [2.75, 3.05) is 0 Å². The molecule has 0 aliphatic carbocycles. The van der Waals surface area contributed by atoms with E-state index in [-0.39, 0.29) is 12.3 Å². The summed E-state index contributed by atoms with van der Waals surface area (Å²) in [6.45, 7) is 0.228. The molecule has 0 aliphatic rings. The number of nitrogens with zero attached hydrogens (tertiary/aromatic N) is 2. The van der Waals surface area contributed by atoms with Gasteiger partial charge in [-0.2, -0.15) is 4.57 Å². The van der Waals surface area contributed by atoms with Crippen LogP contribution in [0.2, 0.25) is 5.15 Å². The molecule has 0 radical (unpaired) electrons. The maximum Gasteiger partial charge on any atom is 0.293 e. The second-order valence-electron chi connectivity index (χ2n) is 12.1. The Morgan fingerprint density at radius 1 is 0.443 bits per heavy atom. The quantitative estimate of drug-likeness (QED) is 0.0411. The molecule has 320 valence electrons. The van der Waals surface area contributed by atoms with Crippen molar-refractivity contribution in [1.82, 2.24) is 4.98 Å². The summed E-state index contributed by atoms with van der Waals surface area (Å²) in [6.07, 6.45) is -2.42. The zero-order valence-corrected chi connectivity index (χ0v) is 29.4. The Bertz CT molecular complexity index is 2390. The molecule has 6 rings (SSSR count). The monoisotopic (exact) mass is 912 g/mol. The van der Waals surface area contributed by atoms with Gasteiger partial charge in [0.05, 0.1) is 6.20 Å². The van der Waals surface area contributed by atoms with E-state index in [4.69, 9.17) is 11.6 Å². The second-order valence-corrected chi connectivity index (χ2v) is 12.5. The highest BCUT2D eigenvalue weighted by Gasteiger charge is 2.52. The smallest absolute Gasteiger partial charge is 0.287 e. The molecule has 1 heterocycles. The molecular weight excluding hydrogens is 903 g/mol. The molecule has 25 heteroatoms. The van der Waals surface area contributed by atoms with Gasteiger partial charge in [0.1, 0.15) is 58.9 Å². The maximum absolute atomic E-state index is 15.4. The molecule has 0 fully saturated rings. The molecule has 0 amide bonds. The Labute approximate surface area is 330 Å². The molecule has 6 aromatic rings. The van der Waals surface area contributed by atoms with Gasteiger partial charge >= 0.3 is 0 Å². The average molecular weight is 913 g/mol. The lowest BCUT2D eigenvalue weighted by Gasteiger charge is -2.44. The molecule has 0 bridgehead atoms. The highest BCUT2D eigenvalue weighted by atomic mass is 35.5. The second kappa shape index (κ2) is 17.0. The lowest BCUT2D eigenvalue weighted by atomic mass is 9.12. The molecule has 0 N–H and O–H groups in total. The topological polar surface area (TPSA) is 33.8 Å². The number of carbonyl (C=O) groups is 1. The lowest BCUT2D eigenvalue weighted by molar-refractivity contribution is -0.681. The van der Waals surface area contributed by atoms with E-state index in [1.807, 2.05) is 18.2 Å². The number of hydrogen-bond donors (Lipinski definition) is 0. The highest BCUT2D eigenvalue weighted by Crippen LogP contribution is 2.30. The summed E-state index contributed by atoms with van der Waals surface area (Å²) in [6, 6.07) is 9.14. The molecule has 0 saturated heterocycles. The van der Waals surface area contributed by atoms with Gasteiger partial charge in [0.15, 0.2) is 76.0 Å². The number of Topliss-reactive ketones (excluding diaryl/α,β-unsaturated/α-hetero) is 1. The Kier molecular flexibility index (Phi) is 12.8. The number of aromatic nitrogens is 2. The van der Waals surface area contributed by atoms with Crippen LogP contribution in [0.4, 0.5) is 87.8 Å². The fourth-order valence-corrected chi connectivity index (χ4v) is 6.41. The number of halogens is 21. The van der Waals surface area contributed by atoms with Gasteiger partial charge in [0.25, 0.3) is 5.15 Å². The van der Waals surface area contributed by atoms with Gasteiger partial charge in [0, 0.05) is 5.56 Å². The Morgan fingerprint density at radius 3 is 0.967 bits per heavy atom. The van der Waals surface area contributed by atoms with Crippen LogP contribution in [0, 0.1) is 116 Å². The van der Waals surface area contributed by atoms with Crippen molar-refractivity contribution < 1.29 is 97.2 Å². The lowest BCUT2D eigenvalue weighted by Crippen LogP contribution is -2.81. The van der Waals surface area contributed by atoms with Crippen LogP contribution < -0.4 is 26.4 Å². The number of hydrogen-bond acceptors (Lipinski definition) is 2. The van der Waals surface area contributed by atoms with E-state index in [0.717, 1.165) is 0 Å². The van der Waals surface area contributed by atoms with Gasteiger partial charge in [-0.3, -0.25) is 9.78 Å². The summed E-state index contributed by atoms with van der Waals surface area (Å²) in [5, 5.41) is 0.451. The normalized spacial score (nSPS) is 11.5. The molecule has 0 spiro atoms. The number of ketones is 1. The zero-order valence-electron chi connectivity index (χ0n) is 28.6. The summed E-state index contributed by atoms with van der Waals surface area (Å²) in [7, 11) is 0. The van der Waals surface area contributed by atoms with Crippen LogP contribution in [-0.4, -0.2) is 16.9 Å². The van der Waals surface area contributed by atoms with Gasteiger partial charge < -0.3 is 0 Å². The van der Waals surface area contributed by atoms with Gasteiger partial charge in [-0.15, -0.1) is 21.9 Å². The number of benzene rings is 5. The van der Waals surface area contributed by atoms with Gasteiger partial charge in [-0.05, 0) is 11.6 Å². The minimum atomic E-state index is -7.22. The molecule has 61 heavy (non-hydrogen) atoms. The van der Waals surface area contributed by atoms with Crippen LogP contribution >= 0.6 is 11.6 Å².